The van der Waals surface area contributed by atoms with Crippen LogP contribution >= 0.6 is 0 Å². The van der Waals surface area contributed by atoms with Crippen molar-refractivity contribution < 1.29 is 22.7 Å². The Hall–Kier alpha value is -2.86. The molecule has 3 aromatic carbocycles. The number of aryl methyl sites for hydroxylation is 1. The van der Waals surface area contributed by atoms with E-state index in [1.807, 2.05) is 6.07 Å². The van der Waals surface area contributed by atoms with Crippen LogP contribution in [0.25, 0.3) is 10.8 Å². The van der Waals surface area contributed by atoms with Gasteiger partial charge in [0.15, 0.2) is 0 Å². The molecule has 0 radical (unpaired) electrons. The summed E-state index contributed by atoms with van der Waals surface area (Å²) in [5, 5.41) is 6.12. The van der Waals surface area contributed by atoms with E-state index >= 15 is 0 Å². The number of esters is 1. The highest BCUT2D eigenvalue weighted by molar-refractivity contribution is 5.85. The summed E-state index contributed by atoms with van der Waals surface area (Å²) < 4.78 is 45.7. The molecule has 34 heavy (non-hydrogen) atoms. The Morgan fingerprint density at radius 3 is 2.59 bits per heavy atom. The maximum Gasteiger partial charge on any atom is 0.416 e. The van der Waals surface area contributed by atoms with Crippen molar-refractivity contribution in [1.29, 1.82) is 0 Å². The lowest BCUT2D eigenvalue weighted by Gasteiger charge is -2.18. The second-order valence-corrected chi connectivity index (χ2v) is 9.04. The van der Waals surface area contributed by atoms with E-state index in [0.717, 1.165) is 37.8 Å². The van der Waals surface area contributed by atoms with Gasteiger partial charge in [-0.3, -0.25) is 4.79 Å². The van der Waals surface area contributed by atoms with Crippen molar-refractivity contribution in [2.24, 2.45) is 0 Å². The first-order valence-electron chi connectivity index (χ1n) is 11.8. The summed E-state index contributed by atoms with van der Waals surface area (Å²) in [5.41, 5.74) is 1.54. The van der Waals surface area contributed by atoms with Gasteiger partial charge in [0.25, 0.3) is 0 Å². The van der Waals surface area contributed by atoms with E-state index in [1.54, 1.807) is 6.07 Å². The molecule has 3 nitrogen and oxygen atoms in total. The molecule has 1 saturated carbocycles. The molecule has 0 aliphatic heterocycles. The normalized spacial score (nSPS) is 18.4. The van der Waals surface area contributed by atoms with Crippen LogP contribution in [0.3, 0.4) is 0 Å². The van der Waals surface area contributed by atoms with E-state index in [1.165, 1.54) is 35.6 Å². The fourth-order valence-corrected chi connectivity index (χ4v) is 5.06. The Balaban J connectivity index is 1.37. The van der Waals surface area contributed by atoms with Gasteiger partial charge in [-0.1, -0.05) is 54.6 Å². The van der Waals surface area contributed by atoms with Crippen molar-refractivity contribution in [2.75, 3.05) is 13.7 Å². The molecule has 4 rings (SSSR count). The van der Waals surface area contributed by atoms with Crippen LogP contribution in [-0.2, 0) is 28.5 Å². The predicted molar refractivity (Wildman–Crippen MR) is 128 cm³/mol. The van der Waals surface area contributed by atoms with Crippen molar-refractivity contribution in [3.05, 3.63) is 82.9 Å². The Morgan fingerprint density at radius 2 is 1.79 bits per heavy atom. The summed E-state index contributed by atoms with van der Waals surface area (Å²) >= 11 is 0. The third kappa shape index (κ3) is 5.79. The molecule has 0 heterocycles. The molecule has 3 aromatic rings. The van der Waals surface area contributed by atoms with Crippen molar-refractivity contribution in [2.45, 2.75) is 56.7 Å². The molecule has 2 atom stereocenters. The third-order valence-electron chi connectivity index (χ3n) is 6.88. The molecule has 0 amide bonds. The van der Waals surface area contributed by atoms with Crippen LogP contribution in [0.4, 0.5) is 13.2 Å². The monoisotopic (exact) mass is 469 g/mol. The summed E-state index contributed by atoms with van der Waals surface area (Å²) in [5.74, 6) is -0.406. The molecule has 180 valence electrons. The second-order valence-electron chi connectivity index (χ2n) is 9.04. The number of halogens is 3. The first kappa shape index (κ1) is 24.3. The molecule has 6 heteroatoms. The lowest BCUT2D eigenvalue weighted by Crippen LogP contribution is -2.28. The van der Waals surface area contributed by atoms with Crippen LogP contribution in [0.2, 0.25) is 0 Å². The maximum absolute atomic E-state index is 13.7. The molecule has 0 spiro atoms. The van der Waals surface area contributed by atoms with Crippen molar-refractivity contribution in [1.82, 2.24) is 5.32 Å². The fourth-order valence-electron chi connectivity index (χ4n) is 5.06. The van der Waals surface area contributed by atoms with Gasteiger partial charge in [0, 0.05) is 12.5 Å². The first-order chi connectivity index (χ1) is 16.3. The molecule has 1 unspecified atom stereocenters. The van der Waals surface area contributed by atoms with Crippen LogP contribution in [0.5, 0.6) is 0 Å². The summed E-state index contributed by atoms with van der Waals surface area (Å²) in [6, 6.07) is 19.6. The molecule has 1 N–H and O–H groups in total. The quantitative estimate of drug-likeness (QED) is 0.386. The number of fused-ring (bicyclic) bond motifs is 1. The van der Waals surface area contributed by atoms with Gasteiger partial charge in [0.1, 0.15) is 0 Å². The van der Waals surface area contributed by atoms with Gasteiger partial charge in [-0.25, -0.2) is 0 Å². The summed E-state index contributed by atoms with van der Waals surface area (Å²) in [4.78, 5) is 11.4. The molecule has 0 aromatic heterocycles. The van der Waals surface area contributed by atoms with E-state index < -0.39 is 17.7 Å². The summed E-state index contributed by atoms with van der Waals surface area (Å²) in [7, 11) is 1.24. The number of rotatable bonds is 8. The lowest BCUT2D eigenvalue weighted by molar-refractivity contribution is -0.142. The van der Waals surface area contributed by atoms with Crippen LogP contribution in [0, 0.1) is 0 Å². The minimum absolute atomic E-state index is 0.0187. The van der Waals surface area contributed by atoms with Crippen LogP contribution in [0.15, 0.2) is 60.7 Å². The van der Waals surface area contributed by atoms with Gasteiger partial charge in [-0.05, 0) is 78.1 Å². The topological polar surface area (TPSA) is 38.3 Å². The molecule has 1 fully saturated rings. The van der Waals surface area contributed by atoms with E-state index in [4.69, 9.17) is 0 Å². The third-order valence-corrected chi connectivity index (χ3v) is 6.88. The van der Waals surface area contributed by atoms with Crippen LogP contribution in [-0.4, -0.2) is 25.7 Å². The minimum atomic E-state index is -4.45. The molecule has 0 bridgehead atoms. The van der Waals surface area contributed by atoms with Gasteiger partial charge in [0.2, 0.25) is 0 Å². The maximum atomic E-state index is 13.7. The molecular weight excluding hydrogens is 439 g/mol. The van der Waals surface area contributed by atoms with Gasteiger partial charge in [0.05, 0.1) is 12.7 Å². The van der Waals surface area contributed by atoms with Gasteiger partial charge < -0.3 is 10.1 Å². The molecular formula is C28H30F3NO2. The average molecular weight is 470 g/mol. The van der Waals surface area contributed by atoms with Crippen molar-refractivity contribution >= 4 is 16.7 Å². The van der Waals surface area contributed by atoms with Gasteiger partial charge in [-0.15, -0.1) is 0 Å². The highest BCUT2D eigenvalue weighted by Crippen LogP contribution is 2.39. The lowest BCUT2D eigenvalue weighted by atomic mass is 9.92. The van der Waals surface area contributed by atoms with E-state index in [0.29, 0.717) is 6.04 Å². The number of nitrogens with one attached hydrogen (secondary N) is 1. The van der Waals surface area contributed by atoms with Crippen molar-refractivity contribution in [3.63, 3.8) is 0 Å². The van der Waals surface area contributed by atoms with Gasteiger partial charge >= 0.3 is 12.1 Å². The number of carbonyl (C=O) groups excluding carboxylic acids is 1. The summed E-state index contributed by atoms with van der Waals surface area (Å²) in [6.07, 6.45) is -0.938. The predicted octanol–water partition coefficient (Wildman–Crippen LogP) is 6.43. The number of alkyl halides is 3. The van der Waals surface area contributed by atoms with E-state index in [2.05, 4.69) is 46.5 Å². The van der Waals surface area contributed by atoms with Crippen molar-refractivity contribution in [3.8, 4) is 0 Å². The first-order valence-corrected chi connectivity index (χ1v) is 11.8. The highest BCUT2D eigenvalue weighted by atomic mass is 19.4. The summed E-state index contributed by atoms with van der Waals surface area (Å²) in [6.45, 7) is 0.839. The zero-order chi connectivity index (χ0) is 24.1. The fraction of sp³-hybridized carbons (Fsp3) is 0.393. The van der Waals surface area contributed by atoms with Gasteiger partial charge in [-0.2, -0.15) is 13.2 Å². The molecule has 1 aliphatic rings. The number of methoxy groups -OCH3 is 1. The zero-order valence-corrected chi connectivity index (χ0v) is 19.3. The molecule has 0 saturated heterocycles. The number of hydrogen-bond acceptors (Lipinski definition) is 3. The SMILES string of the molecule is COC(=O)CCc1ccc([C@@H]2CCC(NCCc3cccc4ccccc34)C2)cc1C(F)(F)F. The number of ether oxygens (including phenoxy) is 1. The average Bonchev–Trinajstić information content (AvgIpc) is 3.31. The Bertz CT molecular complexity index is 1140. The van der Waals surface area contributed by atoms with E-state index in [-0.39, 0.29) is 24.3 Å². The second kappa shape index (κ2) is 10.6. The smallest absolute Gasteiger partial charge is 0.416 e. The zero-order valence-electron chi connectivity index (χ0n) is 19.3. The standard InChI is InChI=1S/C28H30F3NO2/c1-34-27(33)14-12-21-9-10-23(18-26(21)28(29,30)31)22-11-13-24(17-22)32-16-15-20-7-4-6-19-5-2-3-8-25(19)20/h2-10,18,22,24,32H,11-17H2,1H3/t22-,24?/m1/s1. The number of carbonyl (C=O) groups is 1. The van der Waals surface area contributed by atoms with Crippen LogP contribution in [0.1, 0.15) is 53.9 Å². The minimum Gasteiger partial charge on any atom is -0.469 e. The largest absolute Gasteiger partial charge is 0.469 e. The Labute approximate surface area is 198 Å². The highest BCUT2D eigenvalue weighted by Gasteiger charge is 2.35. The number of hydrogen-bond donors (Lipinski definition) is 1. The van der Waals surface area contributed by atoms with E-state index in [9.17, 15) is 18.0 Å². The molecule has 1 aliphatic carbocycles. The Morgan fingerprint density at radius 1 is 1.00 bits per heavy atom. The Kier molecular flexibility index (Phi) is 7.57. The van der Waals surface area contributed by atoms with Crippen LogP contribution < -0.4 is 5.32 Å². The number of benzene rings is 3.